The summed E-state index contributed by atoms with van der Waals surface area (Å²) >= 11 is 0. The van der Waals surface area contributed by atoms with Crippen LogP contribution in [0, 0.1) is 0 Å². The molecule has 4 heteroatoms. The van der Waals surface area contributed by atoms with Crippen molar-refractivity contribution in [2.24, 2.45) is 0 Å². The summed E-state index contributed by atoms with van der Waals surface area (Å²) in [5.74, 6) is 0.0737. The Kier molecular flexibility index (Phi) is 8.33. The summed E-state index contributed by atoms with van der Waals surface area (Å²) in [6.45, 7) is 12.6. The van der Waals surface area contributed by atoms with E-state index in [-0.39, 0.29) is 11.9 Å². The lowest BCUT2D eigenvalue weighted by molar-refractivity contribution is -0.120. The number of carbonyl (C=O) groups is 1. The van der Waals surface area contributed by atoms with Gasteiger partial charge in [0.25, 0.3) is 0 Å². The lowest BCUT2D eigenvalue weighted by Gasteiger charge is -2.18. The van der Waals surface area contributed by atoms with Crippen molar-refractivity contribution < 1.29 is 4.79 Å². The van der Waals surface area contributed by atoms with Gasteiger partial charge in [-0.15, -0.1) is 0 Å². The first-order chi connectivity index (χ1) is 7.10. The second kappa shape index (κ2) is 8.68. The first-order valence-corrected chi connectivity index (χ1v) is 5.82. The Balaban J connectivity index is 3.41. The molecule has 0 fully saturated rings. The fourth-order valence-corrected chi connectivity index (χ4v) is 1.35. The van der Waals surface area contributed by atoms with Gasteiger partial charge in [-0.3, -0.25) is 4.79 Å². The SMILES string of the molecule is CCN(CC)CCNCC(=O)NC(C)C. The van der Waals surface area contributed by atoms with E-state index in [9.17, 15) is 4.79 Å². The highest BCUT2D eigenvalue weighted by Crippen LogP contribution is 1.83. The summed E-state index contributed by atoms with van der Waals surface area (Å²) in [7, 11) is 0. The van der Waals surface area contributed by atoms with E-state index in [1.54, 1.807) is 0 Å². The smallest absolute Gasteiger partial charge is 0.234 e. The third-order valence-electron chi connectivity index (χ3n) is 2.23. The lowest BCUT2D eigenvalue weighted by Crippen LogP contribution is -2.40. The van der Waals surface area contributed by atoms with Gasteiger partial charge in [-0.2, -0.15) is 0 Å². The zero-order valence-corrected chi connectivity index (χ0v) is 10.5. The van der Waals surface area contributed by atoms with Crippen LogP contribution in [-0.4, -0.2) is 49.6 Å². The van der Waals surface area contributed by atoms with Crippen LogP contribution in [-0.2, 0) is 4.79 Å². The molecule has 15 heavy (non-hydrogen) atoms. The number of nitrogens with zero attached hydrogens (tertiary/aromatic N) is 1. The number of carbonyl (C=O) groups excluding carboxylic acids is 1. The van der Waals surface area contributed by atoms with E-state index >= 15 is 0 Å². The summed E-state index contributed by atoms with van der Waals surface area (Å²) in [5, 5.41) is 5.98. The van der Waals surface area contributed by atoms with Crippen LogP contribution in [0.3, 0.4) is 0 Å². The Morgan fingerprint density at radius 1 is 1.27 bits per heavy atom. The molecule has 1 amide bonds. The summed E-state index contributed by atoms with van der Waals surface area (Å²) in [6, 6.07) is 0.224. The normalized spacial score (nSPS) is 11.1. The third kappa shape index (κ3) is 8.39. The molecule has 0 aliphatic carbocycles. The molecule has 0 aromatic rings. The standard InChI is InChI=1S/C11H25N3O/c1-5-14(6-2)8-7-12-9-11(15)13-10(3)4/h10,12H,5-9H2,1-4H3,(H,13,15). The highest BCUT2D eigenvalue weighted by molar-refractivity contribution is 5.78. The van der Waals surface area contributed by atoms with Crippen LogP contribution >= 0.6 is 0 Å². The van der Waals surface area contributed by atoms with Crippen molar-refractivity contribution in [3.05, 3.63) is 0 Å². The molecule has 0 atom stereocenters. The van der Waals surface area contributed by atoms with E-state index in [0.29, 0.717) is 6.54 Å². The second-order valence-electron chi connectivity index (χ2n) is 3.93. The fourth-order valence-electron chi connectivity index (χ4n) is 1.35. The molecule has 0 aliphatic rings. The maximum atomic E-state index is 11.3. The van der Waals surface area contributed by atoms with E-state index < -0.39 is 0 Å². The quantitative estimate of drug-likeness (QED) is 0.578. The van der Waals surface area contributed by atoms with Crippen LogP contribution in [0.2, 0.25) is 0 Å². The van der Waals surface area contributed by atoms with E-state index in [4.69, 9.17) is 0 Å². The van der Waals surface area contributed by atoms with Gasteiger partial charge in [-0.1, -0.05) is 13.8 Å². The molecule has 90 valence electrons. The molecule has 0 unspecified atom stereocenters. The van der Waals surface area contributed by atoms with Crippen molar-refractivity contribution >= 4 is 5.91 Å². The predicted molar refractivity (Wildman–Crippen MR) is 63.9 cm³/mol. The molecule has 0 aromatic carbocycles. The topological polar surface area (TPSA) is 44.4 Å². The molecule has 0 saturated heterocycles. The molecule has 0 saturated carbocycles. The van der Waals surface area contributed by atoms with Gasteiger partial charge >= 0.3 is 0 Å². The van der Waals surface area contributed by atoms with Crippen LogP contribution in [0.15, 0.2) is 0 Å². The van der Waals surface area contributed by atoms with Gasteiger partial charge in [0.2, 0.25) is 5.91 Å². The van der Waals surface area contributed by atoms with E-state index in [2.05, 4.69) is 29.4 Å². The van der Waals surface area contributed by atoms with Gasteiger partial charge in [0.15, 0.2) is 0 Å². The fraction of sp³-hybridized carbons (Fsp3) is 0.909. The average Bonchev–Trinajstić information content (AvgIpc) is 2.17. The lowest BCUT2D eigenvalue weighted by atomic mass is 10.4. The van der Waals surface area contributed by atoms with E-state index in [0.717, 1.165) is 26.2 Å². The first-order valence-electron chi connectivity index (χ1n) is 5.82. The van der Waals surface area contributed by atoms with Gasteiger partial charge in [0.05, 0.1) is 6.54 Å². The molecule has 0 heterocycles. The monoisotopic (exact) mass is 215 g/mol. The van der Waals surface area contributed by atoms with Gasteiger partial charge in [0.1, 0.15) is 0 Å². The molecule has 2 N–H and O–H groups in total. The van der Waals surface area contributed by atoms with Gasteiger partial charge in [-0.05, 0) is 26.9 Å². The van der Waals surface area contributed by atoms with Crippen molar-refractivity contribution in [3.63, 3.8) is 0 Å². The maximum absolute atomic E-state index is 11.3. The minimum Gasteiger partial charge on any atom is -0.353 e. The number of hydrogen-bond acceptors (Lipinski definition) is 3. The van der Waals surface area contributed by atoms with Crippen molar-refractivity contribution in [1.29, 1.82) is 0 Å². The molecule has 0 aliphatic heterocycles. The molecule has 0 radical (unpaired) electrons. The maximum Gasteiger partial charge on any atom is 0.234 e. The van der Waals surface area contributed by atoms with Crippen molar-refractivity contribution in [3.8, 4) is 0 Å². The molecule has 0 rings (SSSR count). The molecular weight excluding hydrogens is 190 g/mol. The summed E-state index contributed by atoms with van der Waals surface area (Å²) in [6.07, 6.45) is 0. The number of rotatable bonds is 8. The van der Waals surface area contributed by atoms with Crippen LogP contribution in [0.5, 0.6) is 0 Å². The van der Waals surface area contributed by atoms with Crippen LogP contribution < -0.4 is 10.6 Å². The van der Waals surface area contributed by atoms with Crippen molar-refractivity contribution in [2.75, 3.05) is 32.7 Å². The highest BCUT2D eigenvalue weighted by atomic mass is 16.1. The first kappa shape index (κ1) is 14.4. The predicted octanol–water partition coefficient (Wildman–Crippen LogP) is 0.442. The highest BCUT2D eigenvalue weighted by Gasteiger charge is 2.02. The van der Waals surface area contributed by atoms with Gasteiger partial charge in [0, 0.05) is 19.1 Å². The zero-order chi connectivity index (χ0) is 11.7. The Hall–Kier alpha value is -0.610. The van der Waals surface area contributed by atoms with Crippen LogP contribution in [0.1, 0.15) is 27.7 Å². The number of amides is 1. The summed E-state index contributed by atoms with van der Waals surface area (Å²) in [4.78, 5) is 13.6. The minimum absolute atomic E-state index is 0.0737. The molecule has 4 nitrogen and oxygen atoms in total. The number of likely N-dealkylation sites (N-methyl/N-ethyl adjacent to an activating group) is 1. The van der Waals surface area contributed by atoms with E-state index in [1.807, 2.05) is 13.8 Å². The van der Waals surface area contributed by atoms with Gasteiger partial charge < -0.3 is 15.5 Å². The Morgan fingerprint density at radius 3 is 2.33 bits per heavy atom. The summed E-state index contributed by atoms with van der Waals surface area (Å²) in [5.41, 5.74) is 0. The number of nitrogens with one attached hydrogen (secondary N) is 2. The molecule has 0 aromatic heterocycles. The number of hydrogen-bond donors (Lipinski definition) is 2. The summed E-state index contributed by atoms with van der Waals surface area (Å²) < 4.78 is 0. The molecule has 0 spiro atoms. The van der Waals surface area contributed by atoms with Gasteiger partial charge in [-0.25, -0.2) is 0 Å². The zero-order valence-electron chi connectivity index (χ0n) is 10.5. The Bertz CT molecular complexity index is 167. The molecular formula is C11H25N3O. The average molecular weight is 215 g/mol. The second-order valence-corrected chi connectivity index (χ2v) is 3.93. The minimum atomic E-state index is 0.0737. The Labute approximate surface area is 93.4 Å². The third-order valence-corrected chi connectivity index (χ3v) is 2.23. The van der Waals surface area contributed by atoms with E-state index in [1.165, 1.54) is 0 Å². The van der Waals surface area contributed by atoms with Crippen molar-refractivity contribution in [1.82, 2.24) is 15.5 Å². The Morgan fingerprint density at radius 2 is 1.87 bits per heavy atom. The van der Waals surface area contributed by atoms with Crippen molar-refractivity contribution in [2.45, 2.75) is 33.7 Å². The van der Waals surface area contributed by atoms with Crippen LogP contribution in [0.25, 0.3) is 0 Å². The largest absolute Gasteiger partial charge is 0.353 e. The van der Waals surface area contributed by atoms with Crippen LogP contribution in [0.4, 0.5) is 0 Å². The molecule has 0 bridgehead atoms.